The second kappa shape index (κ2) is 12.6. The molecule has 0 atom stereocenters. The van der Waals surface area contributed by atoms with E-state index in [1.54, 1.807) is 20.2 Å². The fraction of sp³-hybridized carbons (Fsp3) is 0.412. The molecular formula is C17H27IN4O2. The normalized spacial score (nSPS) is 10.4. The van der Waals surface area contributed by atoms with Crippen molar-refractivity contribution < 1.29 is 9.53 Å². The molecule has 0 heterocycles. The zero-order chi connectivity index (χ0) is 17.1. The summed E-state index contributed by atoms with van der Waals surface area (Å²) in [6, 6.07) is 7.74. The second-order valence-electron chi connectivity index (χ2n) is 5.04. The van der Waals surface area contributed by atoms with Crippen molar-refractivity contribution in [2.45, 2.75) is 13.5 Å². The van der Waals surface area contributed by atoms with Gasteiger partial charge in [0.05, 0.1) is 13.1 Å². The third-order valence-corrected chi connectivity index (χ3v) is 2.99. The number of carbonyl (C=O) groups excluding carboxylic acids is 1. The molecule has 0 aliphatic carbocycles. The van der Waals surface area contributed by atoms with Gasteiger partial charge in [0.1, 0.15) is 12.4 Å². The molecule has 0 aromatic heterocycles. The van der Waals surface area contributed by atoms with Crippen molar-refractivity contribution in [3.63, 3.8) is 0 Å². The molecule has 0 spiro atoms. The van der Waals surface area contributed by atoms with Crippen LogP contribution < -0.4 is 15.4 Å². The number of guanidine groups is 1. The van der Waals surface area contributed by atoms with Crippen LogP contribution in [0.25, 0.3) is 0 Å². The van der Waals surface area contributed by atoms with Gasteiger partial charge in [-0.25, -0.2) is 4.99 Å². The quantitative estimate of drug-likeness (QED) is 0.278. The third-order valence-electron chi connectivity index (χ3n) is 2.99. The summed E-state index contributed by atoms with van der Waals surface area (Å²) in [4.78, 5) is 17.7. The van der Waals surface area contributed by atoms with E-state index in [4.69, 9.17) is 4.74 Å². The first kappa shape index (κ1) is 22.2. The van der Waals surface area contributed by atoms with Gasteiger partial charge >= 0.3 is 0 Å². The average molecular weight is 446 g/mol. The molecule has 0 bridgehead atoms. The Morgan fingerprint density at radius 3 is 2.67 bits per heavy atom. The number of hydrogen-bond donors (Lipinski definition) is 2. The first-order valence-electron chi connectivity index (χ1n) is 7.62. The SMILES string of the molecule is C=CCOc1ccccc1CN=C(NCC)NCC(=O)N(C)C.I. The van der Waals surface area contributed by atoms with E-state index in [-0.39, 0.29) is 36.4 Å². The maximum Gasteiger partial charge on any atom is 0.241 e. The summed E-state index contributed by atoms with van der Waals surface area (Å²) in [5, 5.41) is 6.15. The van der Waals surface area contributed by atoms with E-state index in [1.165, 1.54) is 4.90 Å². The summed E-state index contributed by atoms with van der Waals surface area (Å²) in [6.07, 6.45) is 1.71. The van der Waals surface area contributed by atoms with Crippen LogP contribution in [0.15, 0.2) is 41.9 Å². The van der Waals surface area contributed by atoms with Gasteiger partial charge in [-0.3, -0.25) is 4.79 Å². The van der Waals surface area contributed by atoms with E-state index in [2.05, 4.69) is 22.2 Å². The summed E-state index contributed by atoms with van der Waals surface area (Å²) in [7, 11) is 3.45. The molecule has 0 aliphatic heterocycles. The Kier molecular flexibility index (Phi) is 11.7. The van der Waals surface area contributed by atoms with Crippen LogP contribution >= 0.6 is 24.0 Å². The maximum absolute atomic E-state index is 11.6. The topological polar surface area (TPSA) is 66.0 Å². The number of nitrogens with zero attached hydrogens (tertiary/aromatic N) is 2. The lowest BCUT2D eigenvalue weighted by Gasteiger charge is -2.14. The summed E-state index contributed by atoms with van der Waals surface area (Å²) in [5.74, 6) is 1.38. The Balaban J connectivity index is 0.00000529. The van der Waals surface area contributed by atoms with Crippen molar-refractivity contribution in [3.8, 4) is 5.75 Å². The highest BCUT2D eigenvalue weighted by atomic mass is 127. The van der Waals surface area contributed by atoms with Crippen LogP contribution in [-0.2, 0) is 11.3 Å². The van der Waals surface area contributed by atoms with Crippen LogP contribution in [0.5, 0.6) is 5.75 Å². The largest absolute Gasteiger partial charge is 0.489 e. The van der Waals surface area contributed by atoms with Crippen molar-refractivity contribution in [1.29, 1.82) is 0 Å². The molecule has 1 aromatic rings. The molecule has 0 fully saturated rings. The molecule has 0 radical (unpaired) electrons. The molecule has 0 unspecified atom stereocenters. The highest BCUT2D eigenvalue weighted by molar-refractivity contribution is 14.0. The van der Waals surface area contributed by atoms with E-state index < -0.39 is 0 Å². The van der Waals surface area contributed by atoms with Gasteiger partial charge in [0.2, 0.25) is 5.91 Å². The molecule has 2 N–H and O–H groups in total. The third kappa shape index (κ3) is 8.19. The van der Waals surface area contributed by atoms with Crippen molar-refractivity contribution in [2.75, 3.05) is 33.8 Å². The van der Waals surface area contributed by atoms with Gasteiger partial charge < -0.3 is 20.3 Å². The van der Waals surface area contributed by atoms with Crippen molar-refractivity contribution in [3.05, 3.63) is 42.5 Å². The standard InChI is InChI=1S/C17H26N4O2.HI/c1-5-11-23-15-10-8-7-9-14(15)12-19-17(18-6-2)20-13-16(22)21(3)4;/h5,7-10H,1,6,11-13H2,2-4H3,(H2,18,19,20);1H. The first-order valence-corrected chi connectivity index (χ1v) is 7.62. The highest BCUT2D eigenvalue weighted by Gasteiger charge is 2.06. The highest BCUT2D eigenvalue weighted by Crippen LogP contribution is 2.18. The monoisotopic (exact) mass is 446 g/mol. The number of ether oxygens (including phenoxy) is 1. The summed E-state index contributed by atoms with van der Waals surface area (Å²) < 4.78 is 5.62. The van der Waals surface area contributed by atoms with Gasteiger partial charge in [0.25, 0.3) is 0 Å². The Morgan fingerprint density at radius 1 is 1.33 bits per heavy atom. The minimum atomic E-state index is -0.00896. The fourth-order valence-electron chi connectivity index (χ4n) is 1.75. The van der Waals surface area contributed by atoms with Gasteiger partial charge in [-0.1, -0.05) is 30.9 Å². The lowest BCUT2D eigenvalue weighted by atomic mass is 10.2. The lowest BCUT2D eigenvalue weighted by molar-refractivity contribution is -0.127. The van der Waals surface area contributed by atoms with Crippen LogP contribution in [0.4, 0.5) is 0 Å². The van der Waals surface area contributed by atoms with Crippen molar-refractivity contribution in [2.24, 2.45) is 4.99 Å². The van der Waals surface area contributed by atoms with Gasteiger partial charge in [-0.15, -0.1) is 24.0 Å². The average Bonchev–Trinajstić information content (AvgIpc) is 2.55. The number of carbonyl (C=O) groups is 1. The molecule has 1 aromatic carbocycles. The number of halogens is 1. The maximum atomic E-state index is 11.6. The number of para-hydroxylation sites is 1. The second-order valence-corrected chi connectivity index (χ2v) is 5.04. The number of hydrogen-bond acceptors (Lipinski definition) is 3. The van der Waals surface area contributed by atoms with Crippen LogP contribution in [0.1, 0.15) is 12.5 Å². The van der Waals surface area contributed by atoms with E-state index in [0.29, 0.717) is 19.1 Å². The van der Waals surface area contributed by atoms with E-state index in [1.807, 2.05) is 31.2 Å². The number of amides is 1. The molecule has 134 valence electrons. The Labute approximate surface area is 161 Å². The molecule has 0 saturated heterocycles. The minimum absolute atomic E-state index is 0. The van der Waals surface area contributed by atoms with Crippen LogP contribution in [-0.4, -0.2) is 50.6 Å². The number of likely N-dealkylation sites (N-methyl/N-ethyl adjacent to an activating group) is 1. The molecule has 1 amide bonds. The van der Waals surface area contributed by atoms with Crippen molar-refractivity contribution in [1.82, 2.24) is 15.5 Å². The number of rotatable bonds is 8. The molecule has 24 heavy (non-hydrogen) atoms. The Morgan fingerprint density at radius 2 is 2.04 bits per heavy atom. The van der Waals surface area contributed by atoms with Crippen molar-refractivity contribution >= 4 is 35.8 Å². The lowest BCUT2D eigenvalue weighted by Crippen LogP contribution is -2.42. The summed E-state index contributed by atoms with van der Waals surface area (Å²) >= 11 is 0. The van der Waals surface area contributed by atoms with E-state index >= 15 is 0 Å². The fourth-order valence-corrected chi connectivity index (χ4v) is 1.75. The van der Waals surface area contributed by atoms with Crippen LogP contribution in [0.3, 0.4) is 0 Å². The van der Waals surface area contributed by atoms with Gasteiger partial charge in [-0.2, -0.15) is 0 Å². The smallest absolute Gasteiger partial charge is 0.241 e. The summed E-state index contributed by atoms with van der Waals surface area (Å²) in [6.45, 7) is 7.46. The minimum Gasteiger partial charge on any atom is -0.489 e. The zero-order valence-electron chi connectivity index (χ0n) is 14.5. The molecule has 0 saturated carbocycles. The molecule has 7 heteroatoms. The predicted octanol–water partition coefficient (Wildman–Crippen LogP) is 2.01. The Bertz CT molecular complexity index is 547. The number of nitrogens with one attached hydrogen (secondary N) is 2. The van der Waals surface area contributed by atoms with Gasteiger partial charge in [0, 0.05) is 26.2 Å². The number of benzene rings is 1. The van der Waals surface area contributed by atoms with Gasteiger partial charge in [-0.05, 0) is 13.0 Å². The number of aliphatic imine (C=N–C) groups is 1. The molecule has 6 nitrogen and oxygen atoms in total. The zero-order valence-corrected chi connectivity index (χ0v) is 16.9. The van der Waals surface area contributed by atoms with E-state index in [9.17, 15) is 4.79 Å². The predicted molar refractivity (Wildman–Crippen MR) is 109 cm³/mol. The molecular weight excluding hydrogens is 419 g/mol. The Hall–Kier alpha value is -1.77. The van der Waals surface area contributed by atoms with E-state index in [0.717, 1.165) is 17.9 Å². The summed E-state index contributed by atoms with van der Waals surface area (Å²) in [5.41, 5.74) is 0.977. The first-order chi connectivity index (χ1) is 11.1. The van der Waals surface area contributed by atoms with Crippen LogP contribution in [0.2, 0.25) is 0 Å². The molecule has 1 rings (SSSR count). The van der Waals surface area contributed by atoms with Crippen LogP contribution in [0, 0.1) is 0 Å². The van der Waals surface area contributed by atoms with Gasteiger partial charge in [0.15, 0.2) is 5.96 Å². The molecule has 0 aliphatic rings.